The van der Waals surface area contributed by atoms with Crippen molar-refractivity contribution in [1.82, 2.24) is 4.90 Å². The number of nitrogens with zero attached hydrogens (tertiary/aromatic N) is 2. The lowest BCUT2D eigenvalue weighted by Crippen LogP contribution is -2.51. The van der Waals surface area contributed by atoms with Crippen LogP contribution in [-0.2, 0) is 40.9 Å². The van der Waals surface area contributed by atoms with Crippen LogP contribution >= 0.6 is 0 Å². The largest absolute Gasteiger partial charge is 0.381 e. The maximum Gasteiger partial charge on any atom is 0.261 e. The number of halogens is 2. The Morgan fingerprint density at radius 3 is 2.27 bits per heavy atom. The number of aryl methyl sites for hydroxylation is 2. The molecule has 0 bridgehead atoms. The molecule has 2 spiro atoms. The van der Waals surface area contributed by atoms with Gasteiger partial charge in [0.2, 0.25) is 0 Å². The number of hydrogen-bond donors (Lipinski definition) is 0. The lowest BCUT2D eigenvalue weighted by Gasteiger charge is -2.45. The predicted molar refractivity (Wildman–Crippen MR) is 168 cm³/mol. The van der Waals surface area contributed by atoms with Crippen molar-refractivity contribution in [3.05, 3.63) is 106 Å². The van der Waals surface area contributed by atoms with Crippen molar-refractivity contribution < 1.29 is 18.3 Å². The molecule has 3 aliphatic carbocycles. The van der Waals surface area contributed by atoms with E-state index in [-0.39, 0.29) is 35.6 Å². The van der Waals surface area contributed by atoms with E-state index in [2.05, 4.69) is 18.2 Å². The van der Waals surface area contributed by atoms with Gasteiger partial charge in [-0.05, 0) is 98.1 Å². The lowest BCUT2D eigenvalue weighted by atomic mass is 9.61. The second-order valence-corrected chi connectivity index (χ2v) is 13.5. The second-order valence-electron chi connectivity index (χ2n) is 13.5. The van der Waals surface area contributed by atoms with Gasteiger partial charge >= 0.3 is 0 Å². The van der Waals surface area contributed by atoms with E-state index in [1.54, 1.807) is 30.2 Å². The fraction of sp³-hybridized carbons (Fsp3) is 0.474. The number of amidine groups is 1. The molecule has 1 heterocycles. The molecule has 0 saturated heterocycles. The first kappa shape index (κ1) is 29.3. The van der Waals surface area contributed by atoms with E-state index in [0.717, 1.165) is 50.0 Å². The summed E-state index contributed by atoms with van der Waals surface area (Å²) in [5.74, 6) is 0.955. The molecule has 2 saturated carbocycles. The lowest BCUT2D eigenvalue weighted by molar-refractivity contribution is -0.138. The minimum Gasteiger partial charge on any atom is -0.381 e. The molecule has 230 valence electrons. The number of benzene rings is 3. The van der Waals surface area contributed by atoms with Crippen molar-refractivity contribution in [3.63, 3.8) is 0 Å². The Morgan fingerprint density at radius 1 is 0.886 bits per heavy atom. The number of carbonyl (C=O) groups excluding carboxylic acids is 1. The van der Waals surface area contributed by atoms with Gasteiger partial charge in [-0.25, -0.2) is 8.78 Å². The first-order chi connectivity index (χ1) is 21.4. The maximum absolute atomic E-state index is 15.1. The van der Waals surface area contributed by atoms with Gasteiger partial charge in [0.25, 0.3) is 5.91 Å². The van der Waals surface area contributed by atoms with Crippen LogP contribution in [0.25, 0.3) is 0 Å². The highest BCUT2D eigenvalue weighted by atomic mass is 19.1. The van der Waals surface area contributed by atoms with Crippen LogP contribution < -0.4 is 0 Å². The average molecular weight is 597 g/mol. The summed E-state index contributed by atoms with van der Waals surface area (Å²) in [5, 5.41) is 0. The standard InChI is InChI=1S/C38H42F2N2O2/c1-44-31-19-21-37(22-20-31)24-29-18-17-27(16-15-26-13-14-26)23-32(29)38(37)36(43)42(25-30-8-3-5-11-34(30)40)35(41-38)12-6-9-28-7-2-4-10-33(28)39/h2-5,7-8,10-11,17-18,23,26,31H,6,9,12-16,19-22,24-25H2,1H3. The Balaban J connectivity index is 1.29. The van der Waals surface area contributed by atoms with Gasteiger partial charge in [-0.2, -0.15) is 0 Å². The van der Waals surface area contributed by atoms with Crippen LogP contribution in [0.15, 0.2) is 71.7 Å². The number of aliphatic imine (C=N–C) groups is 1. The van der Waals surface area contributed by atoms with Crippen molar-refractivity contribution >= 4 is 11.7 Å². The first-order valence-corrected chi connectivity index (χ1v) is 16.4. The highest BCUT2D eigenvalue weighted by molar-refractivity contribution is 6.09. The molecule has 2 fully saturated rings. The quantitative estimate of drug-likeness (QED) is 0.237. The Bertz CT molecular complexity index is 1570. The Morgan fingerprint density at radius 2 is 1.59 bits per heavy atom. The van der Waals surface area contributed by atoms with E-state index >= 15 is 9.18 Å². The third kappa shape index (κ3) is 5.19. The van der Waals surface area contributed by atoms with Gasteiger partial charge < -0.3 is 4.74 Å². The molecular formula is C38H42F2N2O2. The van der Waals surface area contributed by atoms with E-state index < -0.39 is 5.54 Å². The van der Waals surface area contributed by atoms with Crippen LogP contribution in [0.3, 0.4) is 0 Å². The minimum atomic E-state index is -1.03. The van der Waals surface area contributed by atoms with Gasteiger partial charge in [-0.3, -0.25) is 14.7 Å². The van der Waals surface area contributed by atoms with Crippen LogP contribution in [0.2, 0.25) is 0 Å². The third-order valence-corrected chi connectivity index (χ3v) is 10.9. The molecule has 3 aromatic carbocycles. The van der Waals surface area contributed by atoms with Crippen molar-refractivity contribution in [2.75, 3.05) is 7.11 Å². The summed E-state index contributed by atoms with van der Waals surface area (Å²) in [7, 11) is 1.77. The molecule has 7 rings (SSSR count). The van der Waals surface area contributed by atoms with Crippen LogP contribution in [-0.4, -0.2) is 29.9 Å². The van der Waals surface area contributed by atoms with Gasteiger partial charge in [0.15, 0.2) is 5.54 Å². The third-order valence-electron chi connectivity index (χ3n) is 10.9. The summed E-state index contributed by atoms with van der Waals surface area (Å²) in [6, 6.07) is 20.3. The number of carbonyl (C=O) groups is 1. The molecule has 1 atom stereocenters. The first-order valence-electron chi connectivity index (χ1n) is 16.4. The topological polar surface area (TPSA) is 41.9 Å². The van der Waals surface area contributed by atoms with Crippen LogP contribution in [0.5, 0.6) is 0 Å². The molecule has 0 N–H and O–H groups in total. The molecule has 1 amide bonds. The molecule has 1 aliphatic heterocycles. The minimum absolute atomic E-state index is 0.0318. The highest BCUT2D eigenvalue weighted by Gasteiger charge is 2.66. The Kier molecular flexibility index (Phi) is 7.90. The Labute approximate surface area is 259 Å². The number of hydrogen-bond acceptors (Lipinski definition) is 3. The van der Waals surface area contributed by atoms with E-state index in [0.29, 0.717) is 36.2 Å². The molecule has 3 aromatic rings. The number of methoxy groups -OCH3 is 1. The normalized spacial score (nSPS) is 26.1. The van der Waals surface area contributed by atoms with Gasteiger partial charge in [0.05, 0.1) is 12.6 Å². The summed E-state index contributed by atoms with van der Waals surface area (Å²) in [5.41, 5.74) is 3.30. The van der Waals surface area contributed by atoms with E-state index in [9.17, 15) is 4.39 Å². The summed E-state index contributed by atoms with van der Waals surface area (Å²) < 4.78 is 35.3. The van der Waals surface area contributed by atoms with E-state index in [1.165, 1.54) is 42.5 Å². The van der Waals surface area contributed by atoms with Crippen molar-refractivity contribution in [2.45, 2.75) is 95.2 Å². The van der Waals surface area contributed by atoms with Gasteiger partial charge in [0, 0.05) is 24.5 Å². The van der Waals surface area contributed by atoms with Crippen molar-refractivity contribution in [2.24, 2.45) is 16.3 Å². The maximum atomic E-state index is 15.1. The molecule has 4 aliphatic rings. The van der Waals surface area contributed by atoms with Crippen molar-refractivity contribution in [1.29, 1.82) is 0 Å². The second kappa shape index (κ2) is 11.8. The number of fused-ring (bicyclic) bond motifs is 3. The zero-order valence-electron chi connectivity index (χ0n) is 25.7. The van der Waals surface area contributed by atoms with Crippen molar-refractivity contribution in [3.8, 4) is 0 Å². The van der Waals surface area contributed by atoms with E-state index in [1.807, 2.05) is 18.2 Å². The van der Waals surface area contributed by atoms with Crippen LogP contribution in [0.4, 0.5) is 8.78 Å². The molecule has 44 heavy (non-hydrogen) atoms. The summed E-state index contributed by atoms with van der Waals surface area (Å²) in [6.07, 6.45) is 11.0. The van der Waals surface area contributed by atoms with Crippen LogP contribution in [0.1, 0.15) is 85.6 Å². The smallest absolute Gasteiger partial charge is 0.261 e. The molecule has 6 heteroatoms. The summed E-state index contributed by atoms with van der Waals surface area (Å²) >= 11 is 0. The number of ether oxygens (including phenoxy) is 1. The van der Waals surface area contributed by atoms with E-state index in [4.69, 9.17) is 9.73 Å². The molecule has 1 unspecified atom stereocenters. The summed E-state index contributed by atoms with van der Waals surface area (Å²) in [6.45, 7) is 0.138. The Hall–Kier alpha value is -3.38. The fourth-order valence-corrected chi connectivity index (χ4v) is 8.17. The zero-order chi connectivity index (χ0) is 30.3. The van der Waals surface area contributed by atoms with Gasteiger partial charge in [0.1, 0.15) is 17.5 Å². The number of amides is 1. The monoisotopic (exact) mass is 596 g/mol. The zero-order valence-corrected chi connectivity index (χ0v) is 25.7. The fourth-order valence-electron chi connectivity index (χ4n) is 8.17. The molecular weight excluding hydrogens is 554 g/mol. The molecule has 4 nitrogen and oxygen atoms in total. The van der Waals surface area contributed by atoms with Gasteiger partial charge in [-0.1, -0.05) is 67.4 Å². The molecule has 0 aromatic heterocycles. The SMILES string of the molecule is COC1CCC2(CC1)Cc1ccc(CCC3CC3)cc1C21N=C(CCCc2ccccc2F)N(Cc2ccccc2F)C1=O. The predicted octanol–water partition coefficient (Wildman–Crippen LogP) is 8.10. The highest BCUT2D eigenvalue weighted by Crippen LogP contribution is 2.62. The molecule has 0 radical (unpaired) electrons. The van der Waals surface area contributed by atoms with Crippen LogP contribution in [0, 0.1) is 23.0 Å². The van der Waals surface area contributed by atoms with Gasteiger partial charge in [-0.15, -0.1) is 0 Å². The average Bonchev–Trinajstić information content (AvgIpc) is 3.78. The number of rotatable bonds is 10. The summed E-state index contributed by atoms with van der Waals surface area (Å²) in [4.78, 5) is 22.4.